The molecule has 1 aromatic carbocycles. The van der Waals surface area contributed by atoms with Crippen molar-refractivity contribution in [2.24, 2.45) is 7.05 Å². The largest absolute Gasteiger partial charge is 0.334 e. The van der Waals surface area contributed by atoms with Crippen LogP contribution in [0.2, 0.25) is 0 Å². The van der Waals surface area contributed by atoms with Gasteiger partial charge in [0.25, 0.3) is 0 Å². The lowest BCUT2D eigenvalue weighted by molar-refractivity contribution is 0.194. The first-order valence-electron chi connectivity index (χ1n) is 7.52. The predicted octanol–water partition coefficient (Wildman–Crippen LogP) is 3.14. The molecule has 1 fully saturated rings. The molecular formula is C17H20N4. The van der Waals surface area contributed by atoms with Crippen molar-refractivity contribution < 1.29 is 0 Å². The average molecular weight is 280 g/mol. The van der Waals surface area contributed by atoms with E-state index in [-0.39, 0.29) is 6.04 Å². The molecule has 2 aromatic rings. The summed E-state index contributed by atoms with van der Waals surface area (Å²) in [6.07, 6.45) is 5.62. The summed E-state index contributed by atoms with van der Waals surface area (Å²) in [5, 5.41) is 9.56. The number of benzene rings is 1. The molecule has 0 amide bonds. The highest BCUT2D eigenvalue weighted by atomic mass is 15.2. The van der Waals surface area contributed by atoms with E-state index in [0.717, 1.165) is 30.2 Å². The van der Waals surface area contributed by atoms with E-state index in [4.69, 9.17) is 4.98 Å². The van der Waals surface area contributed by atoms with Crippen LogP contribution >= 0.6 is 0 Å². The van der Waals surface area contributed by atoms with Crippen LogP contribution in [0.25, 0.3) is 11.4 Å². The van der Waals surface area contributed by atoms with Gasteiger partial charge in [-0.3, -0.25) is 4.90 Å². The highest BCUT2D eigenvalue weighted by Crippen LogP contribution is 2.26. The van der Waals surface area contributed by atoms with Crippen LogP contribution in [0.15, 0.2) is 36.5 Å². The van der Waals surface area contributed by atoms with Crippen LogP contribution in [0, 0.1) is 11.3 Å². The Morgan fingerprint density at radius 3 is 2.52 bits per heavy atom. The Morgan fingerprint density at radius 1 is 1.14 bits per heavy atom. The smallest absolute Gasteiger partial charge is 0.142 e. The lowest BCUT2D eigenvalue weighted by atomic mass is 10.1. The third kappa shape index (κ3) is 2.84. The van der Waals surface area contributed by atoms with Gasteiger partial charge in [0.1, 0.15) is 11.9 Å². The molecule has 0 radical (unpaired) electrons. The number of imidazole rings is 1. The van der Waals surface area contributed by atoms with E-state index in [1.807, 2.05) is 48.1 Å². The number of likely N-dealkylation sites (tertiary alicyclic amines) is 1. The molecule has 3 rings (SSSR count). The number of nitrogens with zero attached hydrogens (tertiary/aromatic N) is 4. The molecule has 4 nitrogen and oxygen atoms in total. The van der Waals surface area contributed by atoms with E-state index in [0.29, 0.717) is 0 Å². The molecule has 0 aliphatic carbocycles. The van der Waals surface area contributed by atoms with Gasteiger partial charge in [0.2, 0.25) is 0 Å². The quantitative estimate of drug-likeness (QED) is 0.867. The Hall–Kier alpha value is -2.12. The van der Waals surface area contributed by atoms with Crippen LogP contribution in [0.3, 0.4) is 0 Å². The second-order valence-electron chi connectivity index (χ2n) is 5.59. The van der Waals surface area contributed by atoms with Crippen molar-refractivity contribution >= 4 is 0 Å². The molecule has 1 aliphatic rings. The number of piperidine rings is 1. The van der Waals surface area contributed by atoms with Crippen LogP contribution in [0.5, 0.6) is 0 Å². The summed E-state index contributed by atoms with van der Waals surface area (Å²) in [7, 11) is 1.99. The number of rotatable bonds is 3. The van der Waals surface area contributed by atoms with Gasteiger partial charge in [-0.2, -0.15) is 5.26 Å². The summed E-state index contributed by atoms with van der Waals surface area (Å²) in [5.41, 5.74) is 1.95. The predicted molar refractivity (Wildman–Crippen MR) is 82.4 cm³/mol. The minimum atomic E-state index is -0.228. The van der Waals surface area contributed by atoms with Crippen molar-refractivity contribution in [3.8, 4) is 17.5 Å². The fourth-order valence-electron chi connectivity index (χ4n) is 2.99. The maximum absolute atomic E-state index is 9.56. The summed E-state index contributed by atoms with van der Waals surface area (Å²) < 4.78 is 2.01. The van der Waals surface area contributed by atoms with Gasteiger partial charge in [0.05, 0.1) is 11.8 Å². The SMILES string of the molecule is Cn1cc(C(C#N)N2CCCCC2)nc1-c1ccccc1. The molecule has 0 spiro atoms. The Labute approximate surface area is 125 Å². The van der Waals surface area contributed by atoms with Gasteiger partial charge < -0.3 is 4.57 Å². The molecule has 0 bridgehead atoms. The summed E-state index contributed by atoms with van der Waals surface area (Å²) >= 11 is 0. The van der Waals surface area contributed by atoms with E-state index in [2.05, 4.69) is 11.0 Å². The number of aryl methyl sites for hydroxylation is 1. The van der Waals surface area contributed by atoms with E-state index < -0.39 is 0 Å². The Kier molecular flexibility index (Phi) is 4.03. The van der Waals surface area contributed by atoms with Crippen molar-refractivity contribution in [1.29, 1.82) is 5.26 Å². The van der Waals surface area contributed by atoms with Crippen LogP contribution in [-0.2, 0) is 7.05 Å². The highest BCUT2D eigenvalue weighted by Gasteiger charge is 2.24. The Morgan fingerprint density at radius 2 is 1.86 bits per heavy atom. The number of aromatic nitrogens is 2. The van der Waals surface area contributed by atoms with E-state index >= 15 is 0 Å². The van der Waals surface area contributed by atoms with E-state index in [1.54, 1.807) is 0 Å². The molecule has 1 atom stereocenters. The maximum atomic E-state index is 9.56. The second-order valence-corrected chi connectivity index (χ2v) is 5.59. The van der Waals surface area contributed by atoms with Crippen molar-refractivity contribution in [2.75, 3.05) is 13.1 Å². The van der Waals surface area contributed by atoms with E-state index in [1.165, 1.54) is 19.3 Å². The first kappa shape index (κ1) is 13.8. The third-order valence-corrected chi connectivity index (χ3v) is 4.09. The van der Waals surface area contributed by atoms with Crippen molar-refractivity contribution in [2.45, 2.75) is 25.3 Å². The summed E-state index contributed by atoms with van der Waals surface area (Å²) in [6.45, 7) is 1.99. The normalized spacial score (nSPS) is 17.3. The lowest BCUT2D eigenvalue weighted by Crippen LogP contribution is -2.33. The molecular weight excluding hydrogens is 260 g/mol. The lowest BCUT2D eigenvalue weighted by Gasteiger charge is -2.29. The molecule has 21 heavy (non-hydrogen) atoms. The molecule has 1 aliphatic heterocycles. The van der Waals surface area contributed by atoms with Crippen molar-refractivity contribution in [1.82, 2.24) is 14.5 Å². The summed E-state index contributed by atoms with van der Waals surface area (Å²) in [5.74, 6) is 0.919. The van der Waals surface area contributed by atoms with Gasteiger partial charge >= 0.3 is 0 Å². The highest BCUT2D eigenvalue weighted by molar-refractivity contribution is 5.55. The van der Waals surface area contributed by atoms with Gasteiger partial charge in [-0.1, -0.05) is 36.8 Å². The Balaban J connectivity index is 1.90. The maximum Gasteiger partial charge on any atom is 0.142 e. The molecule has 1 aromatic heterocycles. The summed E-state index contributed by atoms with van der Waals surface area (Å²) in [6, 6.07) is 12.3. The number of hydrogen-bond acceptors (Lipinski definition) is 3. The summed E-state index contributed by atoms with van der Waals surface area (Å²) in [4.78, 5) is 6.98. The zero-order chi connectivity index (χ0) is 14.7. The zero-order valence-electron chi connectivity index (χ0n) is 12.4. The number of hydrogen-bond donors (Lipinski definition) is 0. The minimum Gasteiger partial charge on any atom is -0.334 e. The first-order valence-corrected chi connectivity index (χ1v) is 7.52. The molecule has 0 N–H and O–H groups in total. The molecule has 108 valence electrons. The van der Waals surface area contributed by atoms with Gasteiger partial charge in [-0.05, 0) is 25.9 Å². The topological polar surface area (TPSA) is 44.9 Å². The second kappa shape index (κ2) is 6.11. The van der Waals surface area contributed by atoms with Crippen LogP contribution in [0.4, 0.5) is 0 Å². The fraction of sp³-hybridized carbons (Fsp3) is 0.412. The average Bonchev–Trinajstić information content (AvgIpc) is 2.92. The minimum absolute atomic E-state index is 0.228. The van der Waals surface area contributed by atoms with Crippen LogP contribution < -0.4 is 0 Å². The molecule has 4 heteroatoms. The van der Waals surface area contributed by atoms with Gasteiger partial charge in [0, 0.05) is 18.8 Å². The molecule has 1 saturated heterocycles. The van der Waals surface area contributed by atoms with Crippen LogP contribution in [-0.4, -0.2) is 27.5 Å². The zero-order valence-corrected chi connectivity index (χ0v) is 12.4. The number of nitriles is 1. The van der Waals surface area contributed by atoms with Crippen LogP contribution in [0.1, 0.15) is 31.0 Å². The standard InChI is InChI=1S/C17H20N4/c1-20-13-15(16(12-18)21-10-6-3-7-11-21)19-17(20)14-8-4-2-5-9-14/h2,4-5,8-9,13,16H,3,6-7,10-11H2,1H3. The van der Waals surface area contributed by atoms with Gasteiger partial charge in [0.15, 0.2) is 0 Å². The molecule has 0 saturated carbocycles. The Bertz CT molecular complexity index is 633. The van der Waals surface area contributed by atoms with Crippen molar-refractivity contribution in [3.63, 3.8) is 0 Å². The van der Waals surface area contributed by atoms with Gasteiger partial charge in [-0.15, -0.1) is 0 Å². The monoisotopic (exact) mass is 280 g/mol. The first-order chi connectivity index (χ1) is 10.3. The van der Waals surface area contributed by atoms with Crippen molar-refractivity contribution in [3.05, 3.63) is 42.2 Å². The fourth-order valence-corrected chi connectivity index (χ4v) is 2.99. The van der Waals surface area contributed by atoms with Gasteiger partial charge in [-0.25, -0.2) is 4.98 Å². The van der Waals surface area contributed by atoms with E-state index in [9.17, 15) is 5.26 Å². The molecule has 1 unspecified atom stereocenters. The third-order valence-electron chi connectivity index (χ3n) is 4.09. The molecule has 2 heterocycles.